The Kier molecular flexibility index (Phi) is 4.51. The molecule has 0 atom stereocenters. The van der Waals surface area contributed by atoms with E-state index >= 15 is 0 Å². The molecule has 26 heavy (non-hydrogen) atoms. The van der Waals surface area contributed by atoms with Crippen LogP contribution in [0.2, 0.25) is 0 Å². The molecule has 0 radical (unpaired) electrons. The first-order chi connectivity index (χ1) is 12.8. The number of benzene rings is 2. The van der Waals surface area contributed by atoms with Crippen molar-refractivity contribution in [3.05, 3.63) is 78.6 Å². The van der Waals surface area contributed by atoms with Gasteiger partial charge in [-0.2, -0.15) is 4.98 Å². The number of fused-ring (bicyclic) bond motifs is 1. The molecule has 5 heteroatoms. The predicted molar refractivity (Wildman–Crippen MR) is 107 cm³/mol. The fourth-order valence-corrected chi connectivity index (χ4v) is 3.04. The van der Waals surface area contributed by atoms with E-state index in [1.165, 1.54) is 16.5 Å². The van der Waals surface area contributed by atoms with E-state index in [0.29, 0.717) is 5.95 Å². The lowest BCUT2D eigenvalue weighted by Gasteiger charge is -2.17. The van der Waals surface area contributed by atoms with Gasteiger partial charge in [-0.25, -0.2) is 4.98 Å². The van der Waals surface area contributed by atoms with E-state index in [2.05, 4.69) is 44.7 Å². The van der Waals surface area contributed by atoms with Gasteiger partial charge in [0.25, 0.3) is 0 Å². The van der Waals surface area contributed by atoms with Crippen LogP contribution in [0.15, 0.2) is 73.1 Å². The summed E-state index contributed by atoms with van der Waals surface area (Å²) in [6.45, 7) is 0.813. The van der Waals surface area contributed by atoms with Gasteiger partial charge < -0.3 is 15.2 Å². The van der Waals surface area contributed by atoms with E-state index in [-0.39, 0.29) is 0 Å². The highest BCUT2D eigenvalue weighted by molar-refractivity contribution is 5.83. The van der Waals surface area contributed by atoms with Crippen LogP contribution in [-0.4, -0.2) is 28.5 Å². The van der Waals surface area contributed by atoms with Crippen molar-refractivity contribution in [2.75, 3.05) is 23.8 Å². The van der Waals surface area contributed by atoms with Gasteiger partial charge >= 0.3 is 0 Å². The molecule has 0 spiro atoms. The van der Waals surface area contributed by atoms with Crippen LogP contribution in [0.1, 0.15) is 5.56 Å². The van der Waals surface area contributed by atoms with Gasteiger partial charge in [0, 0.05) is 42.6 Å². The largest absolute Gasteiger partial charge is 0.370 e. The minimum absolute atomic E-state index is 0.674. The molecule has 2 N–H and O–H groups in total. The lowest BCUT2D eigenvalue weighted by Crippen LogP contribution is -2.14. The summed E-state index contributed by atoms with van der Waals surface area (Å²) in [5, 5.41) is 4.68. The molecule has 0 aliphatic rings. The fourth-order valence-electron chi connectivity index (χ4n) is 3.04. The number of aromatic nitrogens is 3. The number of nitrogens with one attached hydrogen (secondary N) is 2. The third-order valence-corrected chi connectivity index (χ3v) is 4.46. The number of anilines is 3. The second-order valence-electron chi connectivity index (χ2n) is 6.17. The van der Waals surface area contributed by atoms with E-state index in [1.54, 1.807) is 6.20 Å². The highest BCUT2D eigenvalue weighted by Crippen LogP contribution is 2.21. The summed E-state index contributed by atoms with van der Waals surface area (Å²) in [6.07, 6.45) is 4.80. The number of para-hydroxylation sites is 2. The van der Waals surface area contributed by atoms with Crippen molar-refractivity contribution in [2.45, 2.75) is 6.42 Å². The highest BCUT2D eigenvalue weighted by atomic mass is 15.2. The summed E-state index contributed by atoms with van der Waals surface area (Å²) < 4.78 is 0. The van der Waals surface area contributed by atoms with E-state index in [1.807, 2.05) is 54.4 Å². The van der Waals surface area contributed by atoms with Gasteiger partial charge in [-0.05, 0) is 36.2 Å². The molecule has 4 aromatic rings. The number of hydrogen-bond donors (Lipinski definition) is 2. The summed E-state index contributed by atoms with van der Waals surface area (Å²) in [4.78, 5) is 14.3. The van der Waals surface area contributed by atoms with Crippen molar-refractivity contribution in [2.24, 2.45) is 0 Å². The molecular weight excluding hydrogens is 322 g/mol. The first kappa shape index (κ1) is 16.1. The van der Waals surface area contributed by atoms with Gasteiger partial charge in [0.1, 0.15) is 5.82 Å². The standard InChI is InChI=1S/C21H21N5/c1-26(17-7-3-2-4-8-17)21-23-14-12-20(25-21)22-13-11-16-15-24-19-10-6-5-9-18(16)19/h2-10,12,14-15,24H,11,13H2,1H3,(H,22,23,25). The van der Waals surface area contributed by atoms with Crippen molar-refractivity contribution in [1.82, 2.24) is 15.0 Å². The quantitative estimate of drug-likeness (QED) is 0.545. The number of rotatable bonds is 6. The molecule has 2 aromatic carbocycles. The van der Waals surface area contributed by atoms with Crippen LogP contribution < -0.4 is 10.2 Å². The second kappa shape index (κ2) is 7.27. The predicted octanol–water partition coefficient (Wildman–Crippen LogP) is 4.38. The Morgan fingerprint density at radius 2 is 1.81 bits per heavy atom. The number of H-pyrrole nitrogens is 1. The Labute approximate surface area is 152 Å². The van der Waals surface area contributed by atoms with E-state index in [0.717, 1.165) is 24.5 Å². The van der Waals surface area contributed by atoms with Gasteiger partial charge in [0.05, 0.1) is 0 Å². The monoisotopic (exact) mass is 343 g/mol. The maximum atomic E-state index is 4.63. The normalized spacial score (nSPS) is 10.8. The molecule has 2 heterocycles. The molecule has 0 fully saturated rings. The summed E-state index contributed by atoms with van der Waals surface area (Å²) in [7, 11) is 1.97. The molecule has 4 rings (SSSR count). The van der Waals surface area contributed by atoms with Crippen molar-refractivity contribution in [3.8, 4) is 0 Å². The lowest BCUT2D eigenvalue weighted by molar-refractivity contribution is 0.990. The first-order valence-corrected chi connectivity index (χ1v) is 8.72. The van der Waals surface area contributed by atoms with Crippen LogP contribution in [0.3, 0.4) is 0 Å². The molecule has 2 aromatic heterocycles. The van der Waals surface area contributed by atoms with E-state index in [9.17, 15) is 0 Å². The van der Waals surface area contributed by atoms with Crippen molar-refractivity contribution >= 4 is 28.4 Å². The second-order valence-corrected chi connectivity index (χ2v) is 6.17. The number of hydrogen-bond acceptors (Lipinski definition) is 4. The number of nitrogens with zero attached hydrogens (tertiary/aromatic N) is 3. The van der Waals surface area contributed by atoms with Gasteiger partial charge in [-0.3, -0.25) is 0 Å². The molecule has 0 aliphatic carbocycles. The third kappa shape index (κ3) is 3.37. The average Bonchev–Trinajstić information content (AvgIpc) is 3.12. The minimum Gasteiger partial charge on any atom is -0.370 e. The molecule has 0 bridgehead atoms. The zero-order valence-corrected chi connectivity index (χ0v) is 14.7. The Hall–Kier alpha value is -3.34. The van der Waals surface area contributed by atoms with Crippen LogP contribution in [-0.2, 0) is 6.42 Å². The Balaban J connectivity index is 1.43. The van der Waals surface area contributed by atoms with Gasteiger partial charge in [0.15, 0.2) is 0 Å². The lowest BCUT2D eigenvalue weighted by atomic mass is 10.1. The highest BCUT2D eigenvalue weighted by Gasteiger charge is 2.08. The molecule has 0 saturated heterocycles. The van der Waals surface area contributed by atoms with Gasteiger partial charge in [0.2, 0.25) is 5.95 Å². The smallest absolute Gasteiger partial charge is 0.231 e. The van der Waals surface area contributed by atoms with Gasteiger partial charge in [-0.1, -0.05) is 36.4 Å². The molecule has 0 unspecified atom stereocenters. The zero-order chi connectivity index (χ0) is 17.8. The Morgan fingerprint density at radius 3 is 2.69 bits per heavy atom. The van der Waals surface area contributed by atoms with Crippen LogP contribution >= 0.6 is 0 Å². The molecule has 0 amide bonds. The first-order valence-electron chi connectivity index (χ1n) is 8.72. The molecule has 130 valence electrons. The fraction of sp³-hybridized carbons (Fsp3) is 0.143. The molecular formula is C21H21N5. The van der Waals surface area contributed by atoms with E-state index in [4.69, 9.17) is 0 Å². The van der Waals surface area contributed by atoms with Crippen LogP contribution in [0, 0.1) is 0 Å². The van der Waals surface area contributed by atoms with Gasteiger partial charge in [-0.15, -0.1) is 0 Å². The van der Waals surface area contributed by atoms with Crippen molar-refractivity contribution in [1.29, 1.82) is 0 Å². The summed E-state index contributed by atoms with van der Waals surface area (Å²) >= 11 is 0. The van der Waals surface area contributed by atoms with E-state index < -0.39 is 0 Å². The Morgan fingerprint density at radius 1 is 1.00 bits per heavy atom. The van der Waals surface area contributed by atoms with Crippen LogP contribution in [0.4, 0.5) is 17.5 Å². The van der Waals surface area contributed by atoms with Crippen molar-refractivity contribution < 1.29 is 0 Å². The SMILES string of the molecule is CN(c1ccccc1)c1nccc(NCCc2c[nH]c3ccccc23)n1. The summed E-state index contributed by atoms with van der Waals surface area (Å²) in [5.74, 6) is 1.51. The average molecular weight is 343 g/mol. The van der Waals surface area contributed by atoms with Crippen LogP contribution in [0.25, 0.3) is 10.9 Å². The molecule has 0 aliphatic heterocycles. The zero-order valence-electron chi connectivity index (χ0n) is 14.7. The minimum atomic E-state index is 0.674. The maximum absolute atomic E-state index is 4.63. The summed E-state index contributed by atoms with van der Waals surface area (Å²) in [5.41, 5.74) is 3.54. The Bertz CT molecular complexity index is 993. The van der Waals surface area contributed by atoms with Crippen LogP contribution in [0.5, 0.6) is 0 Å². The van der Waals surface area contributed by atoms with Crippen molar-refractivity contribution in [3.63, 3.8) is 0 Å². The summed E-state index contributed by atoms with van der Waals surface area (Å²) in [6, 6.07) is 20.4. The molecule has 0 saturated carbocycles. The maximum Gasteiger partial charge on any atom is 0.231 e. The topological polar surface area (TPSA) is 56.8 Å². The third-order valence-electron chi connectivity index (χ3n) is 4.46. The molecule has 5 nitrogen and oxygen atoms in total. The number of aromatic amines is 1.